The normalized spacial score (nSPS) is 20.7. The van der Waals surface area contributed by atoms with E-state index in [-0.39, 0.29) is 29.7 Å². The number of rotatable bonds is 4. The molecule has 0 amide bonds. The van der Waals surface area contributed by atoms with Crippen molar-refractivity contribution >= 4 is 6.79 Å². The molecule has 1 aliphatic heterocycles. The van der Waals surface area contributed by atoms with Gasteiger partial charge in [0, 0.05) is 6.42 Å². The smallest absolute Gasteiger partial charge is 0.147 e. The Morgan fingerprint density at radius 3 is 1.87 bits per heavy atom. The van der Waals surface area contributed by atoms with Crippen molar-refractivity contribution < 1.29 is 24.5 Å². The van der Waals surface area contributed by atoms with E-state index in [9.17, 15) is 0 Å². The van der Waals surface area contributed by atoms with Crippen molar-refractivity contribution in [1.82, 2.24) is 0 Å². The third-order valence-electron chi connectivity index (χ3n) is 2.65. The highest BCUT2D eigenvalue weighted by Gasteiger charge is 2.17. The predicted molar refractivity (Wildman–Crippen MR) is 102 cm³/mol. The molecule has 0 aliphatic carbocycles. The highest BCUT2D eigenvalue weighted by molar-refractivity contribution is 5.10. The van der Waals surface area contributed by atoms with E-state index in [1.807, 2.05) is 6.79 Å². The van der Waals surface area contributed by atoms with Crippen LogP contribution in [0.3, 0.4) is 0 Å². The van der Waals surface area contributed by atoms with Crippen LogP contribution in [0.4, 0.5) is 0 Å². The molecule has 146 valence electrons. The maximum atomic E-state index is 8.81. The summed E-state index contributed by atoms with van der Waals surface area (Å²) in [7, 11) is 0. The van der Waals surface area contributed by atoms with Gasteiger partial charge in [-0.3, -0.25) is 0 Å². The van der Waals surface area contributed by atoms with Gasteiger partial charge in [-0.1, -0.05) is 36.6 Å². The van der Waals surface area contributed by atoms with Crippen LogP contribution in [0.5, 0.6) is 0 Å². The van der Waals surface area contributed by atoms with E-state index in [1.165, 1.54) is 0 Å². The van der Waals surface area contributed by atoms with Gasteiger partial charge in [0.2, 0.25) is 0 Å². The second-order valence-corrected chi connectivity index (χ2v) is 4.55. The van der Waals surface area contributed by atoms with Crippen molar-refractivity contribution in [1.29, 1.82) is 0 Å². The number of carbonyl (C=O) groups excluding carboxylic acids is 1. The Morgan fingerprint density at radius 2 is 1.65 bits per heavy atom. The minimum absolute atomic E-state index is 0. The lowest BCUT2D eigenvalue weighted by Gasteiger charge is -2.26. The molecule has 0 aromatic rings. The summed E-state index contributed by atoms with van der Waals surface area (Å²) in [6.07, 6.45) is 3.05. The Balaban J connectivity index is -0.0000000492. The van der Waals surface area contributed by atoms with E-state index in [2.05, 4.69) is 20.8 Å². The van der Waals surface area contributed by atoms with E-state index in [4.69, 9.17) is 24.5 Å². The van der Waals surface area contributed by atoms with Crippen molar-refractivity contribution in [3.8, 4) is 0 Å². The van der Waals surface area contributed by atoms with Gasteiger partial charge in [0.1, 0.15) is 20.0 Å². The van der Waals surface area contributed by atoms with Crippen LogP contribution in [0.1, 0.15) is 76.2 Å². The fourth-order valence-corrected chi connectivity index (χ4v) is 1.55. The first-order valence-electron chi connectivity index (χ1n) is 6.67. The maximum absolute atomic E-state index is 8.81. The van der Waals surface area contributed by atoms with Crippen molar-refractivity contribution in [3.05, 3.63) is 6.92 Å². The number of aliphatic hydroxyl groups is 2. The van der Waals surface area contributed by atoms with Crippen molar-refractivity contribution in [2.45, 2.75) is 101 Å². The zero-order valence-corrected chi connectivity index (χ0v) is 12.4. The van der Waals surface area contributed by atoms with E-state index in [0.717, 1.165) is 12.8 Å². The van der Waals surface area contributed by atoms with Crippen molar-refractivity contribution in [2.24, 2.45) is 0 Å². The number of aliphatic hydroxyl groups excluding tert-OH is 2. The van der Waals surface area contributed by atoms with Crippen LogP contribution in [0.2, 0.25) is 0 Å². The SMILES string of the molecule is C.C.C.C.C=O.CCC1CC(C)OCO1.[CH2+]CC(O)CC(C)O. The Hall–Kier alpha value is -0.620. The molecule has 0 aromatic carbocycles. The summed E-state index contributed by atoms with van der Waals surface area (Å²) in [6, 6.07) is 0. The maximum Gasteiger partial charge on any atom is 0.147 e. The molecular weight excluding hydrogens is 296 g/mol. The first kappa shape index (κ1) is 38.1. The number of ether oxygens (including phenoxy) is 2. The van der Waals surface area contributed by atoms with Crippen LogP contribution < -0.4 is 0 Å². The number of hydrogen-bond donors (Lipinski definition) is 2. The molecule has 5 heteroatoms. The zero-order valence-electron chi connectivity index (χ0n) is 12.4. The molecule has 0 saturated carbocycles. The summed E-state index contributed by atoms with van der Waals surface area (Å²) < 4.78 is 10.5. The molecule has 1 fully saturated rings. The van der Waals surface area contributed by atoms with Gasteiger partial charge < -0.3 is 24.5 Å². The van der Waals surface area contributed by atoms with Crippen LogP contribution >= 0.6 is 0 Å². The van der Waals surface area contributed by atoms with Gasteiger partial charge in [-0.15, -0.1) is 0 Å². The van der Waals surface area contributed by atoms with Gasteiger partial charge in [-0.05, 0) is 26.7 Å². The van der Waals surface area contributed by atoms with Crippen LogP contribution in [-0.4, -0.2) is 48.2 Å². The van der Waals surface area contributed by atoms with Crippen LogP contribution in [0.15, 0.2) is 0 Å². The molecule has 2 N–H and O–H groups in total. The summed E-state index contributed by atoms with van der Waals surface area (Å²) in [5.41, 5.74) is 0. The van der Waals surface area contributed by atoms with Gasteiger partial charge in [0.25, 0.3) is 0 Å². The summed E-state index contributed by atoms with van der Waals surface area (Å²) in [4.78, 5) is 8.00. The Labute approximate surface area is 146 Å². The predicted octanol–water partition coefficient (Wildman–Crippen LogP) is 4.25. The molecule has 4 unspecified atom stereocenters. The van der Waals surface area contributed by atoms with Crippen LogP contribution in [0, 0.1) is 6.92 Å². The highest BCUT2D eigenvalue weighted by atomic mass is 16.7. The molecule has 0 aromatic heterocycles. The van der Waals surface area contributed by atoms with E-state index >= 15 is 0 Å². The van der Waals surface area contributed by atoms with E-state index < -0.39 is 12.2 Å². The minimum Gasteiger partial charge on any atom is -0.393 e. The van der Waals surface area contributed by atoms with Crippen LogP contribution in [-0.2, 0) is 14.3 Å². The monoisotopic (exact) mass is 341 g/mol. The second-order valence-electron chi connectivity index (χ2n) is 4.55. The Bertz CT molecular complexity index is 188. The van der Waals surface area contributed by atoms with Gasteiger partial charge >= 0.3 is 0 Å². The molecule has 23 heavy (non-hydrogen) atoms. The molecule has 1 rings (SSSR count). The Morgan fingerprint density at radius 1 is 1.17 bits per heavy atom. The van der Waals surface area contributed by atoms with Gasteiger partial charge in [-0.2, -0.15) is 0 Å². The van der Waals surface area contributed by atoms with Crippen molar-refractivity contribution in [2.75, 3.05) is 6.79 Å². The number of hydrogen-bond acceptors (Lipinski definition) is 5. The molecule has 1 heterocycles. The molecule has 0 radical (unpaired) electrons. The topological polar surface area (TPSA) is 76.0 Å². The Kier molecular flexibility index (Phi) is 43.6. The van der Waals surface area contributed by atoms with Gasteiger partial charge in [0.15, 0.2) is 0 Å². The lowest BCUT2D eigenvalue weighted by atomic mass is 10.1. The van der Waals surface area contributed by atoms with E-state index in [0.29, 0.717) is 31.8 Å². The van der Waals surface area contributed by atoms with Gasteiger partial charge in [-0.25, -0.2) is 0 Å². The highest BCUT2D eigenvalue weighted by Crippen LogP contribution is 2.14. The molecular formula is C18H45O5+. The lowest BCUT2D eigenvalue weighted by molar-refractivity contribution is -0.170. The molecule has 1 aliphatic rings. The summed E-state index contributed by atoms with van der Waals surface area (Å²) in [5.74, 6) is 0. The number of carbonyl (C=O) groups is 1. The average molecular weight is 342 g/mol. The van der Waals surface area contributed by atoms with Crippen LogP contribution in [0.25, 0.3) is 0 Å². The molecule has 0 spiro atoms. The third kappa shape index (κ3) is 26.6. The second kappa shape index (κ2) is 26.3. The summed E-state index contributed by atoms with van der Waals surface area (Å²) in [5, 5.41) is 17.5. The fourth-order valence-electron chi connectivity index (χ4n) is 1.55. The quantitative estimate of drug-likeness (QED) is 0.748. The lowest BCUT2D eigenvalue weighted by Crippen LogP contribution is -2.28. The average Bonchev–Trinajstić information content (AvgIpc) is 2.41. The molecule has 0 bridgehead atoms. The molecule has 5 nitrogen and oxygen atoms in total. The van der Waals surface area contributed by atoms with E-state index in [1.54, 1.807) is 6.92 Å². The zero-order chi connectivity index (χ0) is 15.3. The third-order valence-corrected chi connectivity index (χ3v) is 2.65. The minimum atomic E-state index is -0.435. The first-order valence-corrected chi connectivity index (χ1v) is 6.67. The van der Waals surface area contributed by atoms with Gasteiger partial charge in [0.05, 0.1) is 31.3 Å². The summed E-state index contributed by atoms with van der Waals surface area (Å²) >= 11 is 0. The molecule has 1 saturated heterocycles. The first-order chi connectivity index (χ1) is 8.99. The van der Waals surface area contributed by atoms with Crippen molar-refractivity contribution in [3.63, 3.8) is 0 Å². The standard InChI is InChI=1S/C7H14O2.C6H13O2.CH2O.4CH4/c1-3-7-4-6(2)8-5-9-7;1-3-6(8)4-5(2)7;1-2;;;;/h6-7H,3-5H2,1-2H3;5-8H,1,3-4H2,2H3;1H2;4*1H4/q;+1;;;;;. The summed E-state index contributed by atoms with van der Waals surface area (Å²) in [6.45, 7) is 11.8. The largest absolute Gasteiger partial charge is 0.393 e. The molecule has 4 atom stereocenters. The fraction of sp³-hybridized carbons (Fsp3) is 0.889.